The molecule has 11 heteroatoms. The normalized spacial score (nSPS) is 20.6. The van der Waals surface area contributed by atoms with E-state index in [1.165, 1.54) is 24.3 Å². The number of nitrogens with zero attached hydrogens (tertiary/aromatic N) is 2. The maximum atomic E-state index is 13.0. The molecule has 2 heterocycles. The van der Waals surface area contributed by atoms with Crippen LogP contribution < -0.4 is 0 Å². The van der Waals surface area contributed by atoms with Gasteiger partial charge in [-0.15, -0.1) is 6.58 Å². The molecule has 0 aliphatic heterocycles. The Balaban J connectivity index is 0.000000194. The van der Waals surface area contributed by atoms with E-state index in [9.17, 15) is 13.6 Å². The number of halogens is 2. The Hall–Kier alpha value is -4.03. The van der Waals surface area contributed by atoms with Crippen molar-refractivity contribution in [2.45, 2.75) is 103 Å². The number of hydrogen-bond acceptors (Lipinski definition) is 9. The molecule has 2 aliphatic rings. The number of benzene rings is 2. The Morgan fingerprint density at radius 3 is 1.48 bits per heavy atom. The summed E-state index contributed by atoms with van der Waals surface area (Å²) in [6.45, 7) is 8.90. The van der Waals surface area contributed by atoms with Crippen molar-refractivity contribution < 1.29 is 41.4 Å². The van der Waals surface area contributed by atoms with Crippen molar-refractivity contribution in [1.82, 2.24) is 9.97 Å². The van der Waals surface area contributed by atoms with Crippen LogP contribution in [0.25, 0.3) is 22.9 Å². The number of rotatable bonds is 14. The zero-order chi connectivity index (χ0) is 35.3. The number of aromatic nitrogens is 2. The van der Waals surface area contributed by atoms with E-state index in [0.29, 0.717) is 37.4 Å². The number of aldehydes is 1. The second kappa shape index (κ2) is 18.8. The fraction of sp³-hybridized carbons (Fsp3) is 0.462. The van der Waals surface area contributed by atoms with E-state index in [-0.39, 0.29) is 42.7 Å². The maximum absolute atomic E-state index is 13.0. The minimum atomic E-state index is -0.292. The van der Waals surface area contributed by atoms with Gasteiger partial charge in [0.1, 0.15) is 47.4 Å². The number of carbonyl (C=O) groups excluding carboxylic acids is 1. The fourth-order valence-electron chi connectivity index (χ4n) is 6.14. The Morgan fingerprint density at radius 2 is 1.08 bits per heavy atom. The molecule has 6 rings (SSSR count). The lowest BCUT2D eigenvalue weighted by Gasteiger charge is -2.28. The van der Waals surface area contributed by atoms with Crippen LogP contribution in [0.1, 0.15) is 74.3 Å². The number of aryl methyl sites for hydroxylation is 2. The van der Waals surface area contributed by atoms with Crippen LogP contribution in [0.15, 0.2) is 70.0 Å². The van der Waals surface area contributed by atoms with Gasteiger partial charge in [-0.3, -0.25) is 0 Å². The van der Waals surface area contributed by atoms with E-state index in [1.807, 2.05) is 13.8 Å². The lowest BCUT2D eigenvalue weighted by Crippen LogP contribution is -2.28. The molecule has 0 amide bonds. The first-order valence-corrected chi connectivity index (χ1v) is 17.3. The van der Waals surface area contributed by atoms with Crippen molar-refractivity contribution >= 4 is 6.29 Å². The van der Waals surface area contributed by atoms with Gasteiger partial charge in [-0.25, -0.2) is 18.7 Å². The van der Waals surface area contributed by atoms with E-state index in [1.54, 1.807) is 30.3 Å². The molecule has 50 heavy (non-hydrogen) atoms. The zero-order valence-corrected chi connectivity index (χ0v) is 28.8. The minimum absolute atomic E-state index is 0.0807. The standard InChI is InChI=1S/C20H24FNO3.C19H22FNO4/c1-3-11-23-17-5-4-6-18(12-17)24-13-19-14(2)25-20(22-19)15-7-9-16(21)10-8-15;1-13-18(21-19(25-13)14-5-7-15(20)8-6-14)12-24-17-4-2-3-16(11-17)23-10-9-22/h3,7-10,17-18H,1,4-6,11-13H2,2H3;5-9,16-17H,2-4,10-12H2,1H3/t17-,18+;16-,17+/m11/s1. The summed E-state index contributed by atoms with van der Waals surface area (Å²) >= 11 is 0. The van der Waals surface area contributed by atoms with Gasteiger partial charge in [-0.2, -0.15) is 0 Å². The highest BCUT2D eigenvalue weighted by molar-refractivity contribution is 5.54. The molecule has 9 nitrogen and oxygen atoms in total. The van der Waals surface area contributed by atoms with Crippen LogP contribution in [0.5, 0.6) is 0 Å². The van der Waals surface area contributed by atoms with Gasteiger partial charge >= 0.3 is 0 Å². The molecule has 4 atom stereocenters. The van der Waals surface area contributed by atoms with Gasteiger partial charge < -0.3 is 32.6 Å². The second-order valence-electron chi connectivity index (χ2n) is 12.6. The number of carbonyl (C=O) groups is 1. The fourth-order valence-corrected chi connectivity index (χ4v) is 6.14. The van der Waals surface area contributed by atoms with Gasteiger partial charge in [0.05, 0.1) is 44.2 Å². The predicted molar refractivity (Wildman–Crippen MR) is 183 cm³/mol. The topological polar surface area (TPSA) is 106 Å². The Labute approximate surface area is 292 Å². The minimum Gasteiger partial charge on any atom is -0.441 e. The molecule has 2 saturated carbocycles. The highest BCUT2D eigenvalue weighted by Crippen LogP contribution is 2.28. The lowest BCUT2D eigenvalue weighted by molar-refractivity contribution is -0.116. The molecule has 0 radical (unpaired) electrons. The highest BCUT2D eigenvalue weighted by atomic mass is 19.1. The molecular weight excluding hydrogens is 646 g/mol. The smallest absolute Gasteiger partial charge is 0.226 e. The van der Waals surface area contributed by atoms with Crippen LogP contribution in [0.4, 0.5) is 8.78 Å². The van der Waals surface area contributed by atoms with Crippen molar-refractivity contribution in [3.05, 3.63) is 95.7 Å². The molecule has 0 unspecified atom stereocenters. The summed E-state index contributed by atoms with van der Waals surface area (Å²) in [6, 6.07) is 12.2. The van der Waals surface area contributed by atoms with Crippen molar-refractivity contribution in [3.8, 4) is 22.9 Å². The van der Waals surface area contributed by atoms with Crippen LogP contribution in [-0.4, -0.2) is 53.9 Å². The van der Waals surface area contributed by atoms with Gasteiger partial charge in [0.2, 0.25) is 11.8 Å². The first-order chi connectivity index (χ1) is 24.3. The summed E-state index contributed by atoms with van der Waals surface area (Å²) in [5, 5.41) is 0. The average molecular weight is 693 g/mol. The van der Waals surface area contributed by atoms with E-state index < -0.39 is 0 Å². The summed E-state index contributed by atoms with van der Waals surface area (Å²) in [7, 11) is 0. The summed E-state index contributed by atoms with van der Waals surface area (Å²) in [6.07, 6.45) is 11.0. The Morgan fingerprint density at radius 1 is 0.680 bits per heavy atom. The Kier molecular flexibility index (Phi) is 14.0. The summed E-state index contributed by atoms with van der Waals surface area (Å²) in [5.41, 5.74) is 3.02. The van der Waals surface area contributed by atoms with E-state index in [0.717, 1.165) is 85.9 Å². The maximum Gasteiger partial charge on any atom is 0.226 e. The third kappa shape index (κ3) is 11.0. The first-order valence-electron chi connectivity index (χ1n) is 17.3. The molecule has 0 spiro atoms. The third-order valence-electron chi connectivity index (χ3n) is 8.88. The van der Waals surface area contributed by atoms with Gasteiger partial charge in [-0.05, 0) is 114 Å². The van der Waals surface area contributed by atoms with Crippen molar-refractivity contribution in [1.29, 1.82) is 0 Å². The van der Waals surface area contributed by atoms with E-state index >= 15 is 0 Å². The zero-order valence-electron chi connectivity index (χ0n) is 28.8. The Bertz CT molecular complexity index is 1520. The van der Waals surface area contributed by atoms with Gasteiger partial charge in [0.15, 0.2) is 0 Å². The van der Waals surface area contributed by atoms with Crippen LogP contribution in [0, 0.1) is 25.5 Å². The second-order valence-corrected chi connectivity index (χ2v) is 12.6. The van der Waals surface area contributed by atoms with Crippen molar-refractivity contribution in [2.24, 2.45) is 0 Å². The predicted octanol–water partition coefficient (Wildman–Crippen LogP) is 8.65. The molecule has 4 aromatic rings. The monoisotopic (exact) mass is 692 g/mol. The van der Waals surface area contributed by atoms with Crippen LogP contribution in [0.3, 0.4) is 0 Å². The largest absolute Gasteiger partial charge is 0.441 e. The lowest BCUT2D eigenvalue weighted by atomic mass is 9.95. The van der Waals surface area contributed by atoms with Crippen molar-refractivity contribution in [3.63, 3.8) is 0 Å². The first kappa shape index (κ1) is 37.2. The van der Waals surface area contributed by atoms with Gasteiger partial charge in [-0.1, -0.05) is 6.08 Å². The quantitative estimate of drug-likeness (QED) is 0.0948. The molecule has 0 saturated heterocycles. The van der Waals surface area contributed by atoms with Crippen LogP contribution in [0.2, 0.25) is 0 Å². The third-order valence-corrected chi connectivity index (χ3v) is 8.88. The SMILES string of the molecule is C=CCO[C@@H]1CCC[C@H](OCc2nc(-c3ccc(F)cc3)oc2C)C1.Cc1oc(-c2ccc(F)cc2)nc1CO[C@H]1CCC[C@@H](OCC=O)C1. The molecule has 2 aliphatic carbocycles. The number of hydrogen-bond donors (Lipinski definition) is 0. The molecule has 2 aromatic heterocycles. The van der Waals surface area contributed by atoms with Crippen LogP contribution >= 0.6 is 0 Å². The molecule has 2 aromatic carbocycles. The van der Waals surface area contributed by atoms with E-state index in [2.05, 4.69) is 16.5 Å². The molecule has 0 N–H and O–H groups in total. The van der Waals surface area contributed by atoms with Crippen LogP contribution in [-0.2, 0) is 37.0 Å². The van der Waals surface area contributed by atoms with E-state index in [4.69, 9.17) is 27.8 Å². The van der Waals surface area contributed by atoms with Gasteiger partial charge in [0.25, 0.3) is 0 Å². The average Bonchev–Trinajstić information content (AvgIpc) is 3.70. The number of ether oxygens (including phenoxy) is 4. The number of oxazole rings is 2. The highest BCUT2D eigenvalue weighted by Gasteiger charge is 2.25. The van der Waals surface area contributed by atoms with Gasteiger partial charge in [0, 0.05) is 11.1 Å². The molecular formula is C39H46F2N2O7. The summed E-state index contributed by atoms with van der Waals surface area (Å²) in [5.74, 6) is 1.82. The molecule has 268 valence electrons. The summed E-state index contributed by atoms with van der Waals surface area (Å²) < 4.78 is 60.7. The molecule has 0 bridgehead atoms. The van der Waals surface area contributed by atoms with Crippen molar-refractivity contribution in [2.75, 3.05) is 13.2 Å². The molecule has 2 fully saturated rings. The summed E-state index contributed by atoms with van der Waals surface area (Å²) in [4.78, 5) is 19.4.